The number of ether oxygens (including phenoxy) is 2. The van der Waals surface area contributed by atoms with Gasteiger partial charge in [0, 0.05) is 12.0 Å². The maximum Gasteiger partial charge on any atom is 0.338 e. The Morgan fingerprint density at radius 3 is 2.30 bits per heavy atom. The fraction of sp³-hybridized carbons (Fsp3) is 0.280. The summed E-state index contributed by atoms with van der Waals surface area (Å²) in [5.41, 5.74) is 1.55. The number of benzene rings is 2. The standard InChI is InChI=1S/C22H19F2NO4S.C3H8/c1-13-6-7-14(22(27)29-11-10-28-2)12-15(13)18-8-9-19(30-18)21(26)25-20-16(23)4-3-5-17(20)24;1-3-2/h3-9,12H,10-11H2,1-2H3,(H,25,26);3H2,1-2H3. The van der Waals surface area contributed by atoms with E-state index in [2.05, 4.69) is 19.2 Å². The summed E-state index contributed by atoms with van der Waals surface area (Å²) in [6.45, 7) is 6.58. The van der Waals surface area contributed by atoms with Crippen molar-refractivity contribution in [1.29, 1.82) is 0 Å². The molecule has 0 spiro atoms. The molecule has 2 aromatic carbocycles. The Kier molecular flexibility index (Phi) is 10.2. The molecule has 0 atom stereocenters. The van der Waals surface area contributed by atoms with Crippen molar-refractivity contribution in [1.82, 2.24) is 0 Å². The Bertz CT molecular complexity index is 1080. The van der Waals surface area contributed by atoms with Crippen LogP contribution < -0.4 is 5.32 Å². The van der Waals surface area contributed by atoms with E-state index in [1.54, 1.807) is 30.3 Å². The molecule has 1 heterocycles. The number of halogens is 2. The van der Waals surface area contributed by atoms with Gasteiger partial charge in [0.15, 0.2) is 0 Å². The smallest absolute Gasteiger partial charge is 0.338 e. The van der Waals surface area contributed by atoms with Crippen LogP contribution in [0.25, 0.3) is 10.4 Å². The molecule has 3 aromatic rings. The van der Waals surface area contributed by atoms with Crippen molar-refractivity contribution in [2.75, 3.05) is 25.6 Å². The van der Waals surface area contributed by atoms with Crippen LogP contribution in [0, 0.1) is 18.6 Å². The van der Waals surface area contributed by atoms with Gasteiger partial charge in [-0.3, -0.25) is 4.79 Å². The van der Waals surface area contributed by atoms with Gasteiger partial charge < -0.3 is 14.8 Å². The Morgan fingerprint density at radius 2 is 1.67 bits per heavy atom. The van der Waals surface area contributed by atoms with Crippen molar-refractivity contribution in [3.05, 3.63) is 76.2 Å². The summed E-state index contributed by atoms with van der Waals surface area (Å²) in [6.07, 6.45) is 1.25. The zero-order chi connectivity index (χ0) is 24.4. The number of anilines is 1. The summed E-state index contributed by atoms with van der Waals surface area (Å²) in [6, 6.07) is 11.8. The SMILES string of the molecule is CCC.COCCOC(=O)c1ccc(C)c(-c2ccc(C(=O)Nc3c(F)cccc3F)s2)c1. The molecule has 33 heavy (non-hydrogen) atoms. The molecular formula is C25H27F2NO4S. The summed E-state index contributed by atoms with van der Waals surface area (Å²) in [5.74, 6) is -2.80. The maximum absolute atomic E-state index is 13.8. The van der Waals surface area contributed by atoms with Crippen LogP contribution in [0.2, 0.25) is 0 Å². The Morgan fingerprint density at radius 1 is 1.00 bits per heavy atom. The van der Waals surface area contributed by atoms with Crippen LogP contribution in [0.4, 0.5) is 14.5 Å². The van der Waals surface area contributed by atoms with Crippen LogP contribution in [0.5, 0.6) is 0 Å². The van der Waals surface area contributed by atoms with Gasteiger partial charge >= 0.3 is 5.97 Å². The van der Waals surface area contributed by atoms with Gasteiger partial charge in [0.2, 0.25) is 0 Å². The van der Waals surface area contributed by atoms with E-state index in [0.29, 0.717) is 12.2 Å². The van der Waals surface area contributed by atoms with Gasteiger partial charge in [-0.25, -0.2) is 13.6 Å². The normalized spacial score (nSPS) is 10.2. The summed E-state index contributed by atoms with van der Waals surface area (Å²) in [7, 11) is 1.52. The maximum atomic E-state index is 13.8. The van der Waals surface area contributed by atoms with Gasteiger partial charge in [-0.15, -0.1) is 11.3 Å². The number of carbonyl (C=O) groups is 2. The quantitative estimate of drug-likeness (QED) is 0.314. The van der Waals surface area contributed by atoms with Crippen LogP contribution in [-0.2, 0) is 9.47 Å². The number of rotatable bonds is 7. The molecule has 0 fully saturated rings. The topological polar surface area (TPSA) is 64.6 Å². The highest BCUT2D eigenvalue weighted by Crippen LogP contribution is 2.32. The van der Waals surface area contributed by atoms with Gasteiger partial charge in [-0.1, -0.05) is 32.4 Å². The highest BCUT2D eigenvalue weighted by atomic mass is 32.1. The average Bonchev–Trinajstić information content (AvgIpc) is 3.27. The van der Waals surface area contributed by atoms with E-state index in [-0.39, 0.29) is 11.5 Å². The summed E-state index contributed by atoms with van der Waals surface area (Å²) < 4.78 is 37.6. The van der Waals surface area contributed by atoms with E-state index in [4.69, 9.17) is 9.47 Å². The third kappa shape index (κ3) is 7.20. The monoisotopic (exact) mass is 475 g/mol. The molecule has 0 unspecified atom stereocenters. The van der Waals surface area contributed by atoms with E-state index < -0.39 is 29.2 Å². The largest absolute Gasteiger partial charge is 0.460 e. The lowest BCUT2D eigenvalue weighted by molar-refractivity contribution is 0.0388. The van der Waals surface area contributed by atoms with Crippen molar-refractivity contribution in [2.45, 2.75) is 27.2 Å². The number of para-hydroxylation sites is 1. The van der Waals surface area contributed by atoms with Gasteiger partial charge in [0.05, 0.1) is 17.0 Å². The van der Waals surface area contributed by atoms with Crippen molar-refractivity contribution < 1.29 is 27.8 Å². The van der Waals surface area contributed by atoms with Crippen LogP contribution >= 0.6 is 11.3 Å². The first-order chi connectivity index (χ1) is 15.8. The minimum atomic E-state index is -0.851. The molecule has 0 bridgehead atoms. The fourth-order valence-electron chi connectivity index (χ4n) is 2.71. The number of esters is 1. The molecule has 0 aliphatic rings. The predicted molar refractivity (Wildman–Crippen MR) is 127 cm³/mol. The van der Waals surface area contributed by atoms with Crippen LogP contribution in [0.3, 0.4) is 0 Å². The van der Waals surface area contributed by atoms with Crippen molar-refractivity contribution >= 4 is 28.9 Å². The lowest BCUT2D eigenvalue weighted by Gasteiger charge is -2.08. The number of aryl methyl sites for hydroxylation is 1. The summed E-state index contributed by atoms with van der Waals surface area (Å²) in [5, 5.41) is 2.27. The van der Waals surface area contributed by atoms with E-state index in [9.17, 15) is 18.4 Å². The van der Waals surface area contributed by atoms with Crippen molar-refractivity contribution in [2.24, 2.45) is 0 Å². The first-order valence-corrected chi connectivity index (χ1v) is 11.3. The van der Waals surface area contributed by atoms with E-state index >= 15 is 0 Å². The molecule has 0 saturated heterocycles. The zero-order valence-electron chi connectivity index (χ0n) is 19.0. The van der Waals surface area contributed by atoms with Gasteiger partial charge in [-0.2, -0.15) is 0 Å². The molecule has 5 nitrogen and oxygen atoms in total. The van der Waals surface area contributed by atoms with Crippen LogP contribution in [0.15, 0.2) is 48.5 Å². The summed E-state index contributed by atoms with van der Waals surface area (Å²) >= 11 is 1.15. The minimum absolute atomic E-state index is 0.147. The summed E-state index contributed by atoms with van der Waals surface area (Å²) in [4.78, 5) is 25.6. The second-order valence-electron chi connectivity index (χ2n) is 7.08. The highest BCUT2D eigenvalue weighted by molar-refractivity contribution is 7.17. The fourth-order valence-corrected chi connectivity index (χ4v) is 3.70. The lowest BCUT2D eigenvalue weighted by Crippen LogP contribution is -2.12. The van der Waals surface area contributed by atoms with E-state index in [0.717, 1.165) is 39.5 Å². The van der Waals surface area contributed by atoms with E-state index in [1.165, 1.54) is 19.6 Å². The molecule has 1 amide bonds. The van der Waals surface area contributed by atoms with Gasteiger partial charge in [0.1, 0.15) is 23.9 Å². The van der Waals surface area contributed by atoms with Gasteiger partial charge in [0.25, 0.3) is 5.91 Å². The molecule has 3 rings (SSSR count). The third-order valence-corrected chi connectivity index (χ3v) is 5.41. The molecule has 1 N–H and O–H groups in total. The molecule has 0 aliphatic heterocycles. The number of hydrogen-bond donors (Lipinski definition) is 1. The van der Waals surface area contributed by atoms with Gasteiger partial charge in [-0.05, 0) is 54.4 Å². The molecule has 176 valence electrons. The van der Waals surface area contributed by atoms with Crippen LogP contribution in [-0.4, -0.2) is 32.2 Å². The first-order valence-electron chi connectivity index (χ1n) is 10.4. The molecule has 1 aromatic heterocycles. The van der Waals surface area contributed by atoms with Crippen LogP contribution in [0.1, 0.15) is 45.9 Å². The zero-order valence-corrected chi connectivity index (χ0v) is 19.9. The number of carbonyl (C=O) groups excluding carboxylic acids is 2. The second kappa shape index (κ2) is 12.8. The number of hydrogen-bond acceptors (Lipinski definition) is 5. The van der Waals surface area contributed by atoms with Crippen molar-refractivity contribution in [3.63, 3.8) is 0 Å². The number of amides is 1. The highest BCUT2D eigenvalue weighted by Gasteiger charge is 2.17. The van der Waals surface area contributed by atoms with Crippen molar-refractivity contribution in [3.8, 4) is 10.4 Å². The Balaban J connectivity index is 0.00000122. The molecule has 8 heteroatoms. The number of methoxy groups -OCH3 is 1. The Labute approximate surface area is 196 Å². The lowest BCUT2D eigenvalue weighted by atomic mass is 10.0. The number of nitrogens with one attached hydrogen (secondary N) is 1. The molecule has 0 saturated carbocycles. The van der Waals surface area contributed by atoms with E-state index in [1.807, 2.05) is 6.92 Å². The first kappa shape index (κ1) is 26.2. The predicted octanol–water partition coefficient (Wildman–Crippen LogP) is 6.47. The molecule has 0 radical (unpaired) electrons. The minimum Gasteiger partial charge on any atom is -0.460 e. The molecule has 0 aliphatic carbocycles. The second-order valence-corrected chi connectivity index (χ2v) is 8.16. The Hall–Kier alpha value is -3.10. The molecular weight excluding hydrogens is 448 g/mol. The third-order valence-electron chi connectivity index (χ3n) is 4.29. The average molecular weight is 476 g/mol. The number of thiophene rings is 1.